The molecule has 0 bridgehead atoms. The summed E-state index contributed by atoms with van der Waals surface area (Å²) >= 11 is 5.11. The van der Waals surface area contributed by atoms with Crippen LogP contribution in [0.1, 0.15) is 23.5 Å². The van der Waals surface area contributed by atoms with Crippen LogP contribution >= 0.6 is 12.2 Å². The Morgan fingerprint density at radius 1 is 1.00 bits per heavy atom. The van der Waals surface area contributed by atoms with E-state index in [0.717, 1.165) is 23.3 Å². The van der Waals surface area contributed by atoms with Gasteiger partial charge in [-0.1, -0.05) is 60.7 Å². The lowest BCUT2D eigenvalue weighted by molar-refractivity contribution is -0.122. The molecule has 0 radical (unpaired) electrons. The van der Waals surface area contributed by atoms with Gasteiger partial charge >= 0.3 is 0 Å². The predicted molar refractivity (Wildman–Crippen MR) is 99.9 cm³/mol. The van der Waals surface area contributed by atoms with Crippen LogP contribution < -0.4 is 5.32 Å². The number of hydrogen-bond donors (Lipinski definition) is 1. The Labute approximate surface area is 146 Å². The largest absolute Gasteiger partial charge is 0.301 e. The van der Waals surface area contributed by atoms with Gasteiger partial charge in [-0.15, -0.1) is 0 Å². The minimum Gasteiger partial charge on any atom is -0.301 e. The molecule has 4 heteroatoms. The number of benzene rings is 2. The number of carbonyl (C=O) groups excluding carboxylic acids is 1. The van der Waals surface area contributed by atoms with Gasteiger partial charge in [0.2, 0.25) is 5.91 Å². The van der Waals surface area contributed by atoms with Crippen LogP contribution in [0.5, 0.6) is 0 Å². The van der Waals surface area contributed by atoms with E-state index in [1.165, 1.54) is 5.57 Å². The van der Waals surface area contributed by atoms with Gasteiger partial charge < -0.3 is 5.32 Å². The van der Waals surface area contributed by atoms with E-state index >= 15 is 0 Å². The summed E-state index contributed by atoms with van der Waals surface area (Å²) in [6.45, 7) is 0. The van der Waals surface area contributed by atoms with E-state index < -0.39 is 0 Å². The van der Waals surface area contributed by atoms with Crippen LogP contribution in [0.3, 0.4) is 0 Å². The second-order valence-electron chi connectivity index (χ2n) is 6.07. The first-order chi connectivity index (χ1) is 11.7. The maximum Gasteiger partial charge on any atom is 0.235 e. The van der Waals surface area contributed by atoms with Crippen molar-refractivity contribution in [3.05, 3.63) is 77.9 Å². The minimum absolute atomic E-state index is 0.0535. The van der Waals surface area contributed by atoms with Crippen molar-refractivity contribution in [2.75, 3.05) is 0 Å². The maximum atomic E-state index is 12.6. The van der Waals surface area contributed by atoms with Gasteiger partial charge in [0.1, 0.15) is 0 Å². The fourth-order valence-corrected chi connectivity index (χ4v) is 3.71. The second-order valence-corrected chi connectivity index (χ2v) is 6.45. The summed E-state index contributed by atoms with van der Waals surface area (Å²) < 4.78 is 0. The topological polar surface area (TPSA) is 41.5 Å². The Balaban J connectivity index is 1.84. The first-order valence-electron chi connectivity index (χ1n) is 7.97. The molecule has 0 saturated carbocycles. The molecule has 2 atom stereocenters. The highest BCUT2D eigenvalue weighted by Gasteiger charge is 2.39. The number of aliphatic imine (C=N–C) groups is 1. The summed E-state index contributed by atoms with van der Waals surface area (Å²) in [5.41, 5.74) is 4.27. The van der Waals surface area contributed by atoms with Crippen molar-refractivity contribution >= 4 is 34.5 Å². The number of allylic oxidation sites excluding steroid dienone is 2. The SMILES string of the molecule is O=C1NC(=S)N=C2C=C(c3ccccc3)CC(c3ccccc3)C12. The van der Waals surface area contributed by atoms with Crippen molar-refractivity contribution in [3.8, 4) is 0 Å². The van der Waals surface area contributed by atoms with E-state index in [2.05, 4.69) is 34.6 Å². The number of hydrogen-bond acceptors (Lipinski definition) is 2. The molecule has 2 aromatic carbocycles. The van der Waals surface area contributed by atoms with Gasteiger partial charge in [-0.05, 0) is 41.4 Å². The summed E-state index contributed by atoms with van der Waals surface area (Å²) in [6.07, 6.45) is 2.84. The Hall–Kier alpha value is -2.59. The zero-order chi connectivity index (χ0) is 16.5. The molecule has 24 heavy (non-hydrogen) atoms. The Morgan fingerprint density at radius 2 is 1.67 bits per heavy atom. The smallest absolute Gasteiger partial charge is 0.235 e. The lowest BCUT2D eigenvalue weighted by atomic mass is 9.72. The number of fused-ring (bicyclic) bond motifs is 1. The molecule has 1 aliphatic heterocycles. The molecule has 0 fully saturated rings. The molecule has 1 heterocycles. The Morgan fingerprint density at radius 3 is 2.38 bits per heavy atom. The molecular weight excluding hydrogens is 316 g/mol. The van der Waals surface area contributed by atoms with Gasteiger partial charge in [-0.3, -0.25) is 4.79 Å². The zero-order valence-corrected chi connectivity index (χ0v) is 13.8. The van der Waals surface area contributed by atoms with Crippen LogP contribution in [0.15, 0.2) is 71.7 Å². The van der Waals surface area contributed by atoms with Crippen LogP contribution in [0.25, 0.3) is 5.57 Å². The second kappa shape index (κ2) is 6.13. The molecule has 2 aliphatic rings. The van der Waals surface area contributed by atoms with E-state index in [1.54, 1.807) is 0 Å². The quantitative estimate of drug-likeness (QED) is 0.852. The highest BCUT2D eigenvalue weighted by molar-refractivity contribution is 7.80. The first kappa shape index (κ1) is 15.0. The van der Waals surface area contributed by atoms with Crippen LogP contribution in [0, 0.1) is 5.92 Å². The van der Waals surface area contributed by atoms with Gasteiger partial charge in [0.15, 0.2) is 5.11 Å². The summed E-state index contributed by atoms with van der Waals surface area (Å²) in [6, 6.07) is 20.4. The van der Waals surface area contributed by atoms with Gasteiger partial charge in [0.05, 0.1) is 11.6 Å². The summed E-state index contributed by atoms with van der Waals surface area (Å²) in [7, 11) is 0. The average molecular weight is 332 g/mol. The van der Waals surface area contributed by atoms with Crippen molar-refractivity contribution in [2.24, 2.45) is 10.9 Å². The fourth-order valence-electron chi connectivity index (χ4n) is 3.50. The molecule has 1 aliphatic carbocycles. The fraction of sp³-hybridized carbons (Fsp3) is 0.150. The molecule has 0 saturated heterocycles. The normalized spacial score (nSPS) is 23.0. The molecule has 118 valence electrons. The first-order valence-corrected chi connectivity index (χ1v) is 8.37. The van der Waals surface area contributed by atoms with E-state index in [9.17, 15) is 4.79 Å². The van der Waals surface area contributed by atoms with Crippen molar-refractivity contribution in [1.29, 1.82) is 0 Å². The number of nitrogens with one attached hydrogen (secondary N) is 1. The predicted octanol–water partition coefficient (Wildman–Crippen LogP) is 3.73. The minimum atomic E-state index is -0.286. The van der Waals surface area contributed by atoms with Crippen LogP contribution in [-0.4, -0.2) is 16.7 Å². The zero-order valence-electron chi connectivity index (χ0n) is 13.0. The van der Waals surface area contributed by atoms with Gasteiger partial charge in [0, 0.05) is 5.92 Å². The molecular formula is C20H16N2OS. The van der Waals surface area contributed by atoms with E-state index in [-0.39, 0.29) is 22.9 Å². The third kappa shape index (κ3) is 2.69. The van der Waals surface area contributed by atoms with Crippen LogP contribution in [0.4, 0.5) is 0 Å². The molecule has 0 aromatic heterocycles. The van der Waals surface area contributed by atoms with E-state index in [4.69, 9.17) is 12.2 Å². The van der Waals surface area contributed by atoms with Crippen molar-refractivity contribution in [1.82, 2.24) is 5.32 Å². The molecule has 3 nitrogen and oxygen atoms in total. The third-order valence-corrected chi connectivity index (χ3v) is 4.79. The van der Waals surface area contributed by atoms with Crippen LogP contribution in [0.2, 0.25) is 0 Å². The number of thiocarbonyl (C=S) groups is 1. The molecule has 2 unspecified atom stereocenters. The lowest BCUT2D eigenvalue weighted by Gasteiger charge is -2.34. The van der Waals surface area contributed by atoms with E-state index in [0.29, 0.717) is 0 Å². The van der Waals surface area contributed by atoms with Gasteiger partial charge in [-0.2, -0.15) is 0 Å². The summed E-state index contributed by atoms with van der Waals surface area (Å²) in [4.78, 5) is 17.0. The molecule has 1 N–H and O–H groups in total. The Bertz CT molecular complexity index is 856. The molecule has 0 spiro atoms. The number of carbonyl (C=O) groups is 1. The number of rotatable bonds is 2. The highest BCUT2D eigenvalue weighted by Crippen LogP contribution is 2.40. The van der Waals surface area contributed by atoms with Crippen LogP contribution in [-0.2, 0) is 4.79 Å². The van der Waals surface area contributed by atoms with Gasteiger partial charge in [0.25, 0.3) is 0 Å². The van der Waals surface area contributed by atoms with Crippen molar-refractivity contribution in [3.63, 3.8) is 0 Å². The van der Waals surface area contributed by atoms with Crippen molar-refractivity contribution in [2.45, 2.75) is 12.3 Å². The summed E-state index contributed by atoms with van der Waals surface area (Å²) in [5.74, 6) is -0.276. The standard InChI is InChI=1S/C20H16N2OS/c23-19-18-16(14-9-5-2-6-10-14)11-15(13-7-3-1-4-8-13)12-17(18)21-20(24)22-19/h1-10,12,16,18H,11H2,(H,22,23,24). The molecule has 4 rings (SSSR count). The molecule has 1 amide bonds. The maximum absolute atomic E-state index is 12.6. The monoisotopic (exact) mass is 332 g/mol. The number of amides is 1. The molecule has 2 aromatic rings. The van der Waals surface area contributed by atoms with Crippen molar-refractivity contribution < 1.29 is 4.79 Å². The highest BCUT2D eigenvalue weighted by atomic mass is 32.1. The number of nitrogens with zero attached hydrogens (tertiary/aromatic N) is 1. The Kier molecular flexibility index (Phi) is 3.82. The van der Waals surface area contributed by atoms with Gasteiger partial charge in [-0.25, -0.2) is 4.99 Å². The summed E-state index contributed by atoms with van der Waals surface area (Å²) in [5, 5.41) is 2.96. The average Bonchev–Trinajstić information content (AvgIpc) is 2.62. The van der Waals surface area contributed by atoms with E-state index in [1.807, 2.05) is 42.5 Å². The third-order valence-electron chi connectivity index (χ3n) is 4.60. The lowest BCUT2D eigenvalue weighted by Crippen LogP contribution is -2.46.